The van der Waals surface area contributed by atoms with Crippen molar-refractivity contribution in [3.05, 3.63) is 71.3 Å². The quantitative estimate of drug-likeness (QED) is 0.387. The Morgan fingerprint density at radius 2 is 1.24 bits per heavy atom. The van der Waals surface area contributed by atoms with Gasteiger partial charge in [-0.05, 0) is 46.5 Å². The third-order valence-electron chi connectivity index (χ3n) is 5.60. The largest absolute Gasteiger partial charge is 0.238 e. The van der Waals surface area contributed by atoms with Gasteiger partial charge in [0.05, 0.1) is 5.69 Å². The number of hydrogen-bond acceptors (Lipinski definition) is 2. The summed E-state index contributed by atoms with van der Waals surface area (Å²) in [5.74, 6) is 0.853. The number of hydrogen-bond donors (Lipinski definition) is 0. The molecule has 4 aromatic rings. The lowest BCUT2D eigenvalue weighted by molar-refractivity contribution is 0.635. The van der Waals surface area contributed by atoms with Crippen LogP contribution >= 0.6 is 0 Å². The van der Waals surface area contributed by atoms with Gasteiger partial charge in [-0.3, -0.25) is 0 Å². The van der Waals surface area contributed by atoms with E-state index in [4.69, 9.17) is 4.98 Å². The number of aromatic nitrogens is 2. The molecule has 0 saturated heterocycles. The number of nitrogens with zero attached hydrogens (tertiary/aromatic N) is 2. The molecule has 0 bridgehead atoms. The third kappa shape index (κ3) is 1.74. The molecule has 0 N–H and O–H groups in total. The van der Waals surface area contributed by atoms with Crippen molar-refractivity contribution < 1.29 is 0 Å². The summed E-state index contributed by atoms with van der Waals surface area (Å²) in [6, 6.07) is 17.5. The Morgan fingerprint density at radius 1 is 0.680 bits per heavy atom. The second-order valence-corrected chi connectivity index (χ2v) is 7.55. The van der Waals surface area contributed by atoms with Gasteiger partial charge in [0, 0.05) is 16.7 Å². The summed E-state index contributed by atoms with van der Waals surface area (Å²) >= 11 is 0. The number of fused-ring (bicyclic) bond motifs is 8. The van der Waals surface area contributed by atoms with Crippen LogP contribution in [0.5, 0.6) is 0 Å². The first-order chi connectivity index (χ1) is 12.0. The summed E-state index contributed by atoms with van der Waals surface area (Å²) in [6.45, 7) is 8.70. The summed E-state index contributed by atoms with van der Waals surface area (Å²) in [6.07, 6.45) is 0. The van der Waals surface area contributed by atoms with Crippen LogP contribution in [0, 0.1) is 13.8 Å². The fourth-order valence-electron chi connectivity index (χ4n) is 4.63. The van der Waals surface area contributed by atoms with Crippen molar-refractivity contribution in [2.24, 2.45) is 0 Å². The van der Waals surface area contributed by atoms with Crippen LogP contribution in [0.3, 0.4) is 0 Å². The molecule has 0 amide bonds. The fraction of sp³-hybridized carbons (Fsp3) is 0.217. The molecule has 0 saturated carbocycles. The SMILES string of the molecule is Cc1nc(C)c2c(n1)C(C)(C)c1c-2c2ccccc2c2ccccc12. The molecule has 0 aliphatic heterocycles. The topological polar surface area (TPSA) is 25.8 Å². The van der Waals surface area contributed by atoms with Gasteiger partial charge in [-0.1, -0.05) is 62.4 Å². The second kappa shape index (κ2) is 4.66. The Hall–Kier alpha value is -2.74. The molecule has 0 atom stereocenters. The predicted octanol–water partition coefficient (Wildman–Crippen LogP) is 5.71. The average molecular weight is 324 g/mol. The van der Waals surface area contributed by atoms with Gasteiger partial charge in [0.25, 0.3) is 0 Å². The molecule has 25 heavy (non-hydrogen) atoms. The Balaban J connectivity index is 2.12. The minimum Gasteiger partial charge on any atom is -0.238 e. The van der Waals surface area contributed by atoms with Gasteiger partial charge >= 0.3 is 0 Å². The van der Waals surface area contributed by atoms with Gasteiger partial charge in [0.15, 0.2) is 0 Å². The molecule has 0 unspecified atom stereocenters. The molecule has 0 fully saturated rings. The van der Waals surface area contributed by atoms with Crippen molar-refractivity contribution in [1.29, 1.82) is 0 Å². The zero-order valence-electron chi connectivity index (χ0n) is 15.0. The number of benzene rings is 3. The molecular weight excluding hydrogens is 304 g/mol. The van der Waals surface area contributed by atoms with Gasteiger partial charge in [0.1, 0.15) is 5.82 Å². The average Bonchev–Trinajstić information content (AvgIpc) is 2.84. The van der Waals surface area contributed by atoms with E-state index in [2.05, 4.69) is 74.3 Å². The van der Waals surface area contributed by atoms with Gasteiger partial charge in [-0.25, -0.2) is 9.97 Å². The highest BCUT2D eigenvalue weighted by Gasteiger charge is 2.41. The van der Waals surface area contributed by atoms with E-state index >= 15 is 0 Å². The highest BCUT2D eigenvalue weighted by molar-refractivity contribution is 6.18. The summed E-state index contributed by atoms with van der Waals surface area (Å²) in [5.41, 5.74) is 6.05. The van der Waals surface area contributed by atoms with Crippen molar-refractivity contribution in [2.45, 2.75) is 33.1 Å². The van der Waals surface area contributed by atoms with Crippen LogP contribution in [0.25, 0.3) is 32.7 Å². The van der Waals surface area contributed by atoms with Gasteiger partial charge in [0.2, 0.25) is 0 Å². The van der Waals surface area contributed by atoms with E-state index in [0.717, 1.165) is 17.2 Å². The minimum absolute atomic E-state index is 0.132. The molecule has 122 valence electrons. The Labute approximate surface area is 147 Å². The van der Waals surface area contributed by atoms with Crippen molar-refractivity contribution in [3.8, 4) is 11.1 Å². The normalized spacial score (nSPS) is 14.7. The van der Waals surface area contributed by atoms with E-state index < -0.39 is 0 Å². The molecule has 1 heterocycles. The second-order valence-electron chi connectivity index (χ2n) is 7.55. The van der Waals surface area contributed by atoms with Crippen LogP contribution in [0.15, 0.2) is 48.5 Å². The molecule has 2 nitrogen and oxygen atoms in total. The van der Waals surface area contributed by atoms with Crippen LogP contribution in [0.1, 0.15) is 36.6 Å². The highest BCUT2D eigenvalue weighted by atomic mass is 14.9. The van der Waals surface area contributed by atoms with Gasteiger partial charge in [-0.2, -0.15) is 0 Å². The van der Waals surface area contributed by atoms with Crippen LogP contribution < -0.4 is 0 Å². The maximum atomic E-state index is 4.88. The highest BCUT2D eigenvalue weighted by Crippen LogP contribution is 2.54. The first kappa shape index (κ1) is 14.6. The van der Waals surface area contributed by atoms with Gasteiger partial charge in [-0.15, -0.1) is 0 Å². The molecule has 1 aliphatic rings. The molecule has 0 radical (unpaired) electrons. The van der Waals surface area contributed by atoms with Gasteiger partial charge < -0.3 is 0 Å². The van der Waals surface area contributed by atoms with Crippen molar-refractivity contribution in [1.82, 2.24) is 9.97 Å². The van der Waals surface area contributed by atoms with Crippen molar-refractivity contribution >= 4 is 21.5 Å². The molecule has 0 spiro atoms. The van der Waals surface area contributed by atoms with E-state index in [9.17, 15) is 0 Å². The summed E-state index contributed by atoms with van der Waals surface area (Å²) in [7, 11) is 0. The molecule has 1 aliphatic carbocycles. The van der Waals surface area contributed by atoms with Crippen LogP contribution in [0.2, 0.25) is 0 Å². The Kier molecular flexibility index (Phi) is 2.72. The van der Waals surface area contributed by atoms with E-state index in [1.165, 1.54) is 38.2 Å². The number of aryl methyl sites for hydroxylation is 2. The Morgan fingerprint density at radius 3 is 1.92 bits per heavy atom. The van der Waals surface area contributed by atoms with Crippen LogP contribution in [-0.2, 0) is 5.41 Å². The van der Waals surface area contributed by atoms with Crippen molar-refractivity contribution in [2.75, 3.05) is 0 Å². The zero-order chi connectivity index (χ0) is 17.3. The summed E-state index contributed by atoms with van der Waals surface area (Å²) in [5, 5.41) is 5.26. The smallest absolute Gasteiger partial charge is 0.125 e. The summed E-state index contributed by atoms with van der Waals surface area (Å²) in [4.78, 5) is 9.57. The molecule has 1 aromatic heterocycles. The maximum Gasteiger partial charge on any atom is 0.125 e. The monoisotopic (exact) mass is 324 g/mol. The lowest BCUT2D eigenvalue weighted by Gasteiger charge is -2.23. The van der Waals surface area contributed by atoms with E-state index in [1.54, 1.807) is 0 Å². The fourth-order valence-corrected chi connectivity index (χ4v) is 4.63. The maximum absolute atomic E-state index is 4.88. The minimum atomic E-state index is -0.132. The van der Waals surface area contributed by atoms with Crippen LogP contribution in [-0.4, -0.2) is 9.97 Å². The lowest BCUT2D eigenvalue weighted by Crippen LogP contribution is -2.18. The number of rotatable bonds is 0. The predicted molar refractivity (Wildman–Crippen MR) is 104 cm³/mol. The summed E-state index contributed by atoms with van der Waals surface area (Å²) < 4.78 is 0. The zero-order valence-corrected chi connectivity index (χ0v) is 15.0. The van der Waals surface area contributed by atoms with E-state index in [0.29, 0.717) is 0 Å². The third-order valence-corrected chi connectivity index (χ3v) is 5.60. The molecular formula is C23H20N2. The van der Waals surface area contributed by atoms with Crippen molar-refractivity contribution in [3.63, 3.8) is 0 Å². The lowest BCUT2D eigenvalue weighted by atomic mass is 9.81. The van der Waals surface area contributed by atoms with Crippen LogP contribution in [0.4, 0.5) is 0 Å². The molecule has 3 aromatic carbocycles. The van der Waals surface area contributed by atoms with E-state index in [1.807, 2.05) is 6.92 Å². The molecule has 5 rings (SSSR count). The molecule has 2 heteroatoms. The standard InChI is InChI=1S/C23H20N2/c1-13-19-20-17-11-7-5-9-15(17)16-10-6-8-12-18(16)21(20)23(3,4)22(19)25-14(2)24-13/h5-12H,1-4H3. The first-order valence-electron chi connectivity index (χ1n) is 8.80. The Bertz CT molecular complexity index is 1190. The van der Waals surface area contributed by atoms with E-state index in [-0.39, 0.29) is 5.41 Å². The first-order valence-corrected chi connectivity index (χ1v) is 8.80.